The second-order valence-electron chi connectivity index (χ2n) is 10.3. The van der Waals surface area contributed by atoms with Crippen LogP contribution in [0.4, 0.5) is 5.82 Å². The minimum Gasteiger partial charge on any atom is -0.493 e. The molecule has 1 amide bonds. The molecule has 1 aromatic heterocycles. The maximum atomic E-state index is 12.7. The highest BCUT2D eigenvalue weighted by atomic mass is 32.2. The van der Waals surface area contributed by atoms with E-state index in [1.807, 2.05) is 17.1 Å². The number of hydrazine groups is 1. The van der Waals surface area contributed by atoms with Crippen LogP contribution in [0.1, 0.15) is 29.6 Å². The molecule has 2 saturated heterocycles. The van der Waals surface area contributed by atoms with Crippen molar-refractivity contribution in [1.82, 2.24) is 25.7 Å². The molecule has 0 bridgehead atoms. The summed E-state index contributed by atoms with van der Waals surface area (Å²) in [6.07, 6.45) is 6.09. The van der Waals surface area contributed by atoms with Crippen molar-refractivity contribution in [2.45, 2.75) is 24.2 Å². The number of amides is 1. The van der Waals surface area contributed by atoms with Crippen LogP contribution in [0.15, 0.2) is 47.6 Å². The van der Waals surface area contributed by atoms with Crippen LogP contribution in [0, 0.1) is 5.92 Å². The van der Waals surface area contributed by atoms with Gasteiger partial charge in [0.2, 0.25) is 0 Å². The molecule has 2 aromatic carbocycles. The number of rotatable bonds is 10. The van der Waals surface area contributed by atoms with Gasteiger partial charge < -0.3 is 19.7 Å². The van der Waals surface area contributed by atoms with Gasteiger partial charge in [-0.1, -0.05) is 0 Å². The Morgan fingerprint density at radius 1 is 1.10 bits per heavy atom. The van der Waals surface area contributed by atoms with Crippen molar-refractivity contribution < 1.29 is 22.7 Å². The Bertz CT molecular complexity index is 1440. The number of methoxy groups -OCH3 is 1. The van der Waals surface area contributed by atoms with Crippen LogP contribution >= 0.6 is 0 Å². The Labute approximate surface area is 234 Å². The number of carbonyl (C=O) groups is 1. The second kappa shape index (κ2) is 12.4. The lowest BCUT2D eigenvalue weighted by Crippen LogP contribution is -2.53. The van der Waals surface area contributed by atoms with Crippen LogP contribution in [0.2, 0.25) is 0 Å². The first-order chi connectivity index (χ1) is 19.3. The summed E-state index contributed by atoms with van der Waals surface area (Å²) in [5.41, 5.74) is 4.10. The number of fused-ring (bicyclic) bond motifs is 1. The van der Waals surface area contributed by atoms with Gasteiger partial charge in [-0.25, -0.2) is 23.4 Å². The van der Waals surface area contributed by atoms with E-state index in [0.717, 1.165) is 54.8 Å². The van der Waals surface area contributed by atoms with Crippen LogP contribution in [-0.2, 0) is 9.84 Å². The molecule has 3 heterocycles. The summed E-state index contributed by atoms with van der Waals surface area (Å²) >= 11 is 0. The maximum absolute atomic E-state index is 12.7. The number of hydrogen-bond donors (Lipinski definition) is 2. The predicted molar refractivity (Wildman–Crippen MR) is 153 cm³/mol. The molecular formula is C28H36N6O5S. The largest absolute Gasteiger partial charge is 0.493 e. The monoisotopic (exact) mass is 568 g/mol. The first-order valence-electron chi connectivity index (χ1n) is 13.6. The number of sulfone groups is 1. The lowest BCUT2D eigenvalue weighted by Gasteiger charge is -2.35. The Morgan fingerprint density at radius 3 is 2.55 bits per heavy atom. The summed E-state index contributed by atoms with van der Waals surface area (Å²) in [4.78, 5) is 24.1. The summed E-state index contributed by atoms with van der Waals surface area (Å²) in [6.45, 7) is 5.32. The number of hydrogen-bond acceptors (Lipinski definition) is 10. The third-order valence-electron chi connectivity index (χ3n) is 7.46. The number of nitrogens with zero attached hydrogens (tertiary/aromatic N) is 4. The molecular weight excluding hydrogens is 532 g/mol. The molecule has 5 rings (SSSR count). The molecule has 12 heteroatoms. The van der Waals surface area contributed by atoms with Crippen molar-refractivity contribution in [2.75, 3.05) is 64.1 Å². The first kappa shape index (κ1) is 28.1. The number of aromatic nitrogens is 2. The molecule has 40 heavy (non-hydrogen) atoms. The minimum absolute atomic E-state index is 0.183. The highest BCUT2D eigenvalue weighted by molar-refractivity contribution is 7.90. The van der Waals surface area contributed by atoms with E-state index < -0.39 is 9.84 Å². The first-order valence-corrected chi connectivity index (χ1v) is 15.5. The van der Waals surface area contributed by atoms with E-state index in [2.05, 4.69) is 25.6 Å². The quantitative estimate of drug-likeness (QED) is 0.352. The highest BCUT2D eigenvalue weighted by Crippen LogP contribution is 2.35. The van der Waals surface area contributed by atoms with Crippen LogP contribution in [0.5, 0.6) is 11.5 Å². The van der Waals surface area contributed by atoms with Crippen molar-refractivity contribution in [3.8, 4) is 11.5 Å². The van der Waals surface area contributed by atoms with Crippen molar-refractivity contribution in [1.29, 1.82) is 0 Å². The Hall–Kier alpha value is -3.48. The summed E-state index contributed by atoms with van der Waals surface area (Å²) in [5, 5.41) is 6.15. The zero-order valence-electron chi connectivity index (χ0n) is 22.9. The van der Waals surface area contributed by atoms with Crippen molar-refractivity contribution in [2.24, 2.45) is 5.92 Å². The molecule has 1 unspecified atom stereocenters. The molecule has 1 atom stereocenters. The van der Waals surface area contributed by atoms with Crippen molar-refractivity contribution in [3.05, 3.63) is 48.3 Å². The molecule has 2 aliphatic rings. The van der Waals surface area contributed by atoms with Gasteiger partial charge in [-0.15, -0.1) is 0 Å². The number of carbonyl (C=O) groups excluding carboxylic acids is 1. The van der Waals surface area contributed by atoms with Crippen molar-refractivity contribution in [3.63, 3.8) is 0 Å². The fourth-order valence-electron chi connectivity index (χ4n) is 5.18. The highest BCUT2D eigenvalue weighted by Gasteiger charge is 2.23. The number of ether oxygens (including phenoxy) is 2. The second-order valence-corrected chi connectivity index (χ2v) is 12.3. The molecule has 0 saturated carbocycles. The maximum Gasteiger partial charge on any atom is 0.265 e. The Morgan fingerprint density at radius 2 is 1.88 bits per heavy atom. The van der Waals surface area contributed by atoms with Gasteiger partial charge in [0.05, 0.1) is 24.1 Å². The van der Waals surface area contributed by atoms with Crippen LogP contribution in [0.3, 0.4) is 0 Å². The van der Waals surface area contributed by atoms with Gasteiger partial charge in [0, 0.05) is 49.5 Å². The van der Waals surface area contributed by atoms with Crippen molar-refractivity contribution >= 4 is 32.5 Å². The van der Waals surface area contributed by atoms with E-state index >= 15 is 0 Å². The molecule has 3 aromatic rings. The van der Waals surface area contributed by atoms with Gasteiger partial charge in [0.25, 0.3) is 5.91 Å². The van der Waals surface area contributed by atoms with Gasteiger partial charge >= 0.3 is 0 Å². The van der Waals surface area contributed by atoms with Crippen LogP contribution in [-0.4, -0.2) is 88.5 Å². The lowest BCUT2D eigenvalue weighted by atomic mass is 10.0. The molecule has 2 aliphatic heterocycles. The van der Waals surface area contributed by atoms with E-state index in [9.17, 15) is 13.2 Å². The molecule has 214 valence electrons. The van der Waals surface area contributed by atoms with E-state index in [4.69, 9.17) is 9.47 Å². The van der Waals surface area contributed by atoms with Crippen LogP contribution in [0.25, 0.3) is 10.9 Å². The van der Waals surface area contributed by atoms with Gasteiger partial charge in [-0.2, -0.15) is 0 Å². The van der Waals surface area contributed by atoms with E-state index in [1.165, 1.54) is 30.7 Å². The normalized spacial score (nSPS) is 18.1. The summed E-state index contributed by atoms with van der Waals surface area (Å²) in [5.74, 6) is 2.60. The third-order valence-corrected chi connectivity index (χ3v) is 8.59. The zero-order chi connectivity index (χ0) is 28.1. The summed E-state index contributed by atoms with van der Waals surface area (Å²) in [7, 11) is -1.67. The average Bonchev–Trinajstić information content (AvgIpc) is 3.48. The Kier molecular flexibility index (Phi) is 8.67. The smallest absolute Gasteiger partial charge is 0.265 e. The molecule has 11 nitrogen and oxygen atoms in total. The average molecular weight is 569 g/mol. The number of benzene rings is 2. The lowest BCUT2D eigenvalue weighted by molar-refractivity contribution is 0.0777. The molecule has 0 aliphatic carbocycles. The third kappa shape index (κ3) is 6.62. The minimum atomic E-state index is -3.31. The summed E-state index contributed by atoms with van der Waals surface area (Å²) in [6, 6.07) is 9.79. The standard InChI is InChI=1S/C28H36N6O5S/c1-38-25-16-23-24(17-26(25)39-15-3-4-20-9-10-29-18-20)30-19-31-27(23)33-11-13-34(14-12-33)32-28(35)21-5-7-22(8-6-21)40(2,36)37/h5-8,16-17,19-20,29H,3-4,9-15,18H2,1-2H3,(H,32,35). The van der Waals surface area contributed by atoms with Gasteiger partial charge in [0.1, 0.15) is 12.1 Å². The van der Waals surface area contributed by atoms with Gasteiger partial charge in [0.15, 0.2) is 21.3 Å². The van der Waals surface area contributed by atoms with Gasteiger partial charge in [-0.3, -0.25) is 10.2 Å². The number of nitrogens with one attached hydrogen (secondary N) is 2. The van der Waals surface area contributed by atoms with E-state index in [1.54, 1.807) is 13.4 Å². The molecule has 2 N–H and O–H groups in total. The number of anilines is 1. The fourth-order valence-corrected chi connectivity index (χ4v) is 5.81. The SMILES string of the molecule is COc1cc2c(N3CCN(NC(=O)c4ccc(S(C)(=O)=O)cc4)CC3)ncnc2cc1OCCCC1CCNC1. The molecule has 0 spiro atoms. The van der Waals surface area contributed by atoms with Gasteiger partial charge in [-0.05, 0) is 68.6 Å². The zero-order valence-corrected chi connectivity index (χ0v) is 23.7. The number of piperazine rings is 1. The fraction of sp³-hybridized carbons (Fsp3) is 0.464. The van der Waals surface area contributed by atoms with Crippen LogP contribution < -0.4 is 25.1 Å². The summed E-state index contributed by atoms with van der Waals surface area (Å²) < 4.78 is 35.1. The molecule has 0 radical (unpaired) electrons. The molecule has 2 fully saturated rings. The van der Waals surface area contributed by atoms with E-state index in [-0.39, 0.29) is 10.8 Å². The topological polar surface area (TPSA) is 126 Å². The van der Waals surface area contributed by atoms with E-state index in [0.29, 0.717) is 49.8 Å². The Balaban J connectivity index is 1.20. The predicted octanol–water partition coefficient (Wildman–Crippen LogP) is 2.28.